The topological polar surface area (TPSA) is 150 Å². The summed E-state index contributed by atoms with van der Waals surface area (Å²) in [6.45, 7) is 6.93. The van der Waals surface area contributed by atoms with E-state index in [1.54, 1.807) is 6.92 Å². The highest BCUT2D eigenvalue weighted by molar-refractivity contribution is 9.09. The predicted octanol–water partition coefficient (Wildman–Crippen LogP) is 11.6. The van der Waals surface area contributed by atoms with Gasteiger partial charge in [0.15, 0.2) is 27.7 Å². The summed E-state index contributed by atoms with van der Waals surface area (Å²) in [4.78, 5) is 33.3. The van der Waals surface area contributed by atoms with Crippen molar-refractivity contribution in [3.8, 4) is 0 Å². The zero-order valence-corrected chi connectivity index (χ0v) is 40.2. The number of hydrogen-bond donors (Lipinski definition) is 1. The minimum absolute atomic E-state index is 0.0531. The summed E-state index contributed by atoms with van der Waals surface area (Å²) in [7, 11) is 0. The maximum absolute atomic E-state index is 14.4. The van der Waals surface area contributed by atoms with Gasteiger partial charge in [0.2, 0.25) is 5.28 Å². The molecule has 4 heterocycles. The van der Waals surface area contributed by atoms with E-state index in [2.05, 4.69) is 94.1 Å². The Morgan fingerprint density at radius 2 is 1.21 bits per heavy atom. The van der Waals surface area contributed by atoms with E-state index >= 15 is 0 Å². The summed E-state index contributed by atoms with van der Waals surface area (Å²) in [6.07, 6.45) is 6.19. The molecular weight excluding hydrogens is 1020 g/mol. The summed E-state index contributed by atoms with van der Waals surface area (Å²) in [5.41, 5.74) is 0.179. The zero-order valence-electron chi connectivity index (χ0n) is 36.3. The molecule has 0 spiro atoms. The first kappa shape index (κ1) is 54.5. The van der Waals surface area contributed by atoms with Crippen molar-refractivity contribution in [3.05, 3.63) is 213 Å². The van der Waals surface area contributed by atoms with Crippen LogP contribution in [0.1, 0.15) is 63.0 Å². The lowest BCUT2D eigenvalue weighted by Crippen LogP contribution is -2.39. The highest BCUT2D eigenvalue weighted by Gasteiger charge is 2.42. The molecule has 4 aromatic heterocycles. The van der Waals surface area contributed by atoms with Gasteiger partial charge in [-0.3, -0.25) is 4.79 Å². The van der Waals surface area contributed by atoms with Crippen molar-refractivity contribution >= 4 is 56.5 Å². The SMILES string of the molecule is CC(Br)c1nc(Cl)nc(Cl)c1F.CC(c1ncnc(Cl)c1F)C(O)(Cn1cncn1)c1ccc(F)cc1F.Cc1ccccc1.Cc1ccccc1.O=C(Cn1cncn1)c1ccc(F)cc1F. The number of carbonyl (C=O) groups is 1. The average Bonchev–Trinajstić information content (AvgIpc) is 4.02. The minimum Gasteiger partial charge on any atom is -0.382 e. The normalized spacial score (nSPS) is 12.2. The molecule has 0 saturated carbocycles. The number of alkyl halides is 1. The van der Waals surface area contributed by atoms with E-state index in [0.29, 0.717) is 12.1 Å². The minimum atomic E-state index is -2.02. The van der Waals surface area contributed by atoms with Gasteiger partial charge in [-0.25, -0.2) is 65.6 Å². The van der Waals surface area contributed by atoms with Crippen LogP contribution in [0, 0.1) is 48.8 Å². The third kappa shape index (κ3) is 16.3. The van der Waals surface area contributed by atoms with Crippen molar-refractivity contribution in [2.45, 2.75) is 57.1 Å². The number of Topliss-reactive ketones (excluding diaryl/α,β-unsaturated/α-hetero) is 1. The van der Waals surface area contributed by atoms with E-state index in [1.807, 2.05) is 36.4 Å². The molecule has 0 saturated heterocycles. The first-order valence-corrected chi connectivity index (χ1v) is 21.9. The van der Waals surface area contributed by atoms with Crippen LogP contribution in [0.4, 0.5) is 26.3 Å². The number of halogens is 10. The lowest BCUT2D eigenvalue weighted by molar-refractivity contribution is -0.0133. The highest BCUT2D eigenvalue weighted by atomic mass is 79.9. The molecular formula is C46H40BrCl3F6N10O2. The molecule has 0 fully saturated rings. The summed E-state index contributed by atoms with van der Waals surface area (Å²) in [5.74, 6) is -6.50. The molecule has 1 N–H and O–H groups in total. The highest BCUT2D eigenvalue weighted by Crippen LogP contribution is 2.40. The number of hydrogen-bond acceptors (Lipinski definition) is 10. The van der Waals surface area contributed by atoms with Crippen molar-refractivity contribution in [1.29, 1.82) is 0 Å². The van der Waals surface area contributed by atoms with E-state index in [1.165, 1.54) is 52.7 Å². The van der Waals surface area contributed by atoms with Crippen LogP contribution in [-0.2, 0) is 18.7 Å². The fourth-order valence-corrected chi connectivity index (χ4v) is 6.59. The molecule has 0 aliphatic heterocycles. The fourth-order valence-electron chi connectivity index (χ4n) is 5.75. The Kier molecular flexibility index (Phi) is 21.2. The lowest BCUT2D eigenvalue weighted by Gasteiger charge is -2.34. The molecule has 0 amide bonds. The Hall–Kier alpha value is -6.12. The van der Waals surface area contributed by atoms with Crippen molar-refractivity contribution in [2.75, 3.05) is 0 Å². The van der Waals surface area contributed by atoms with E-state index < -0.39 is 57.4 Å². The van der Waals surface area contributed by atoms with Gasteiger partial charge in [-0.2, -0.15) is 10.2 Å². The molecule has 8 aromatic rings. The number of rotatable bonds is 9. The van der Waals surface area contributed by atoms with Gasteiger partial charge in [0.25, 0.3) is 0 Å². The van der Waals surface area contributed by atoms with Crippen LogP contribution >= 0.6 is 50.7 Å². The van der Waals surface area contributed by atoms with Gasteiger partial charge in [-0.1, -0.05) is 124 Å². The Bertz CT molecular complexity index is 2790. The molecule has 4 aromatic carbocycles. The Morgan fingerprint density at radius 1 is 0.676 bits per heavy atom. The van der Waals surface area contributed by atoms with Crippen molar-refractivity contribution < 1.29 is 36.2 Å². The zero-order chi connectivity index (χ0) is 50.0. The molecule has 356 valence electrons. The number of carbonyl (C=O) groups excluding carboxylic acids is 1. The number of aryl methyl sites for hydroxylation is 2. The Morgan fingerprint density at radius 3 is 1.69 bits per heavy atom. The van der Waals surface area contributed by atoms with Gasteiger partial charge in [0.1, 0.15) is 67.1 Å². The van der Waals surface area contributed by atoms with Crippen LogP contribution in [-0.4, -0.2) is 60.4 Å². The Labute approximate surface area is 410 Å². The first-order chi connectivity index (χ1) is 32.3. The van der Waals surface area contributed by atoms with Gasteiger partial charge >= 0.3 is 0 Å². The van der Waals surface area contributed by atoms with Gasteiger partial charge in [0.05, 0.1) is 28.3 Å². The predicted molar refractivity (Wildman–Crippen MR) is 248 cm³/mol. The molecule has 3 unspecified atom stereocenters. The molecule has 0 radical (unpaired) electrons. The quantitative estimate of drug-likeness (QED) is 0.0486. The number of ketones is 1. The first-order valence-electron chi connectivity index (χ1n) is 19.8. The van der Waals surface area contributed by atoms with Crippen LogP contribution in [0.3, 0.4) is 0 Å². The molecule has 0 bridgehead atoms. The summed E-state index contributed by atoms with van der Waals surface area (Å²) in [6, 6.07) is 26.1. The molecule has 8 rings (SSSR count). The fraction of sp³-hybridized carbons (Fsp3) is 0.196. The van der Waals surface area contributed by atoms with Crippen LogP contribution in [0.2, 0.25) is 15.6 Å². The molecule has 68 heavy (non-hydrogen) atoms. The smallest absolute Gasteiger partial charge is 0.224 e. The van der Waals surface area contributed by atoms with Crippen LogP contribution in [0.15, 0.2) is 129 Å². The molecule has 3 atom stereocenters. The van der Waals surface area contributed by atoms with Crippen molar-refractivity contribution in [3.63, 3.8) is 0 Å². The number of benzene rings is 4. The van der Waals surface area contributed by atoms with Crippen LogP contribution < -0.4 is 0 Å². The molecule has 12 nitrogen and oxygen atoms in total. The number of aliphatic hydroxyl groups is 1. The average molecular weight is 1070 g/mol. The molecule has 0 aliphatic rings. The molecule has 22 heteroatoms. The van der Waals surface area contributed by atoms with Crippen LogP contribution in [0.5, 0.6) is 0 Å². The summed E-state index contributed by atoms with van der Waals surface area (Å²) >= 11 is 19.7. The summed E-state index contributed by atoms with van der Waals surface area (Å²) in [5, 5.41) is 18.2. The van der Waals surface area contributed by atoms with Crippen molar-refractivity contribution in [2.24, 2.45) is 0 Å². The Balaban J connectivity index is 0.000000204. The van der Waals surface area contributed by atoms with Gasteiger partial charge in [0, 0.05) is 23.6 Å². The standard InChI is InChI=1S/C16H13ClF3N5O.C10H7F2N3O.2C7H8.C6H4BrCl2FN2/c1-9(14-13(20)15(17)23-7-22-14)16(26,5-25-8-21-6-24-25)11-3-2-10(18)4-12(11)19;11-7-1-2-8(9(12)3-7)10(16)4-15-6-13-5-14-15;2*1-7-5-3-2-4-6-7;1-2(7)4-3(10)5(8)12-6(9)11-4/h2-4,6-9,26H,5H2,1H3;1-3,5-6H,4H2;2*2-6H,1H3;2H,1H3. The monoisotopic (exact) mass is 1060 g/mol. The van der Waals surface area contributed by atoms with Crippen molar-refractivity contribution in [1.82, 2.24) is 49.5 Å². The lowest BCUT2D eigenvalue weighted by atomic mass is 9.79. The van der Waals surface area contributed by atoms with Crippen LogP contribution in [0.25, 0.3) is 0 Å². The van der Waals surface area contributed by atoms with E-state index in [0.717, 1.165) is 30.6 Å². The molecule has 0 aliphatic carbocycles. The maximum atomic E-state index is 14.4. The number of aromatic nitrogens is 10. The second-order valence-corrected chi connectivity index (χ2v) is 16.7. The van der Waals surface area contributed by atoms with E-state index in [4.69, 9.17) is 34.8 Å². The third-order valence-electron chi connectivity index (χ3n) is 9.24. The van der Waals surface area contributed by atoms with Gasteiger partial charge < -0.3 is 5.11 Å². The van der Waals surface area contributed by atoms with Gasteiger partial charge in [-0.05, 0) is 50.6 Å². The number of nitrogens with zero attached hydrogens (tertiary/aromatic N) is 10. The van der Waals surface area contributed by atoms with Gasteiger partial charge in [-0.15, -0.1) is 0 Å². The largest absolute Gasteiger partial charge is 0.382 e. The maximum Gasteiger partial charge on any atom is 0.224 e. The van der Waals surface area contributed by atoms with E-state index in [-0.39, 0.29) is 50.9 Å². The summed E-state index contributed by atoms with van der Waals surface area (Å²) < 4.78 is 83.6. The third-order valence-corrected chi connectivity index (χ3v) is 10.4. The second-order valence-electron chi connectivity index (χ2n) is 14.3. The second kappa shape index (κ2) is 26.4. The van der Waals surface area contributed by atoms with E-state index in [9.17, 15) is 36.2 Å².